The summed E-state index contributed by atoms with van der Waals surface area (Å²) >= 11 is 6.15. The molecule has 2 rings (SSSR count). The van der Waals surface area contributed by atoms with Gasteiger partial charge in [-0.05, 0) is 19.1 Å². The molecule has 2 aromatic carbocycles. The lowest BCUT2D eigenvalue weighted by molar-refractivity contribution is -0.142. The Morgan fingerprint density at radius 1 is 1.04 bits per heavy atom. The summed E-state index contributed by atoms with van der Waals surface area (Å²) in [5, 5.41) is -1.47. The molecule has 1 N–H and O–H groups in total. The second-order valence-electron chi connectivity index (χ2n) is 5.57. The van der Waals surface area contributed by atoms with E-state index in [-0.39, 0.29) is 10.5 Å². The van der Waals surface area contributed by atoms with Gasteiger partial charge in [-0.3, -0.25) is 9.59 Å². The summed E-state index contributed by atoms with van der Waals surface area (Å²) in [4.78, 5) is 24.5. The molecule has 0 aromatic heterocycles. The molecule has 0 aliphatic heterocycles. The Morgan fingerprint density at radius 3 is 2.15 bits per heavy atom. The lowest BCUT2D eigenvalue weighted by Gasteiger charge is -2.20. The minimum atomic E-state index is -4.08. The number of sulfonamides is 1. The van der Waals surface area contributed by atoms with E-state index in [1.807, 2.05) is 6.92 Å². The number of alkyl halides is 1. The number of Topliss-reactive ketones (excluding diaryl/α,β-unsaturated/α-hetero) is 1. The second kappa shape index (κ2) is 8.44. The number of ether oxygens (including phenoxy) is 1. The lowest BCUT2D eigenvalue weighted by Crippen LogP contribution is -2.50. The molecule has 138 valence electrons. The van der Waals surface area contributed by atoms with E-state index < -0.39 is 33.2 Å². The van der Waals surface area contributed by atoms with Crippen LogP contribution >= 0.6 is 11.6 Å². The summed E-state index contributed by atoms with van der Waals surface area (Å²) in [6.07, 6.45) is 0. The van der Waals surface area contributed by atoms with Gasteiger partial charge in [0.15, 0.2) is 5.78 Å². The number of benzene rings is 2. The molecular formula is C18H18ClNO5S. The maximum Gasteiger partial charge on any atom is 0.325 e. The molecule has 2 aromatic rings. The fraction of sp³-hybridized carbons (Fsp3) is 0.222. The fourth-order valence-corrected chi connectivity index (χ4v) is 3.78. The third-order valence-electron chi connectivity index (χ3n) is 3.67. The highest BCUT2D eigenvalue weighted by atomic mass is 35.5. The summed E-state index contributed by atoms with van der Waals surface area (Å²) in [5.41, 5.74) is 1.14. The normalized spacial score (nSPS) is 13.7. The fourth-order valence-electron chi connectivity index (χ4n) is 2.22. The van der Waals surface area contributed by atoms with Crippen LogP contribution in [0.5, 0.6) is 0 Å². The van der Waals surface area contributed by atoms with Crippen LogP contribution < -0.4 is 4.72 Å². The van der Waals surface area contributed by atoms with Crippen molar-refractivity contribution in [2.75, 3.05) is 7.11 Å². The first-order chi connectivity index (χ1) is 12.3. The van der Waals surface area contributed by atoms with Crippen molar-refractivity contribution in [2.24, 2.45) is 0 Å². The minimum Gasteiger partial charge on any atom is -0.468 e. The summed E-state index contributed by atoms with van der Waals surface area (Å²) < 4.78 is 31.9. The van der Waals surface area contributed by atoms with Crippen molar-refractivity contribution in [2.45, 2.75) is 23.2 Å². The van der Waals surface area contributed by atoms with Crippen molar-refractivity contribution in [3.63, 3.8) is 0 Å². The standard InChI is InChI=1S/C18H18ClNO5S/c1-12-8-10-14(11-9-12)26(23,24)20-16(18(22)25-2)15(19)17(21)13-6-4-3-5-7-13/h3-11,15-16,20H,1-2H3. The molecule has 0 radical (unpaired) electrons. The quantitative estimate of drug-likeness (QED) is 0.441. The molecule has 8 heteroatoms. The van der Waals surface area contributed by atoms with Crippen molar-refractivity contribution in [3.8, 4) is 0 Å². The number of carbonyl (C=O) groups is 2. The monoisotopic (exact) mass is 395 g/mol. The first-order valence-electron chi connectivity index (χ1n) is 7.66. The Morgan fingerprint density at radius 2 is 1.62 bits per heavy atom. The Bertz CT molecular complexity index is 882. The van der Waals surface area contributed by atoms with Crippen LogP contribution in [-0.2, 0) is 19.6 Å². The van der Waals surface area contributed by atoms with Crippen LogP contribution in [0.25, 0.3) is 0 Å². The number of carbonyl (C=O) groups excluding carboxylic acids is 2. The molecule has 0 saturated heterocycles. The van der Waals surface area contributed by atoms with Crippen LogP contribution in [0.2, 0.25) is 0 Å². The van der Waals surface area contributed by atoms with E-state index in [1.165, 1.54) is 24.3 Å². The predicted molar refractivity (Wildman–Crippen MR) is 97.7 cm³/mol. The van der Waals surface area contributed by atoms with Gasteiger partial charge in [-0.25, -0.2) is 8.42 Å². The molecule has 26 heavy (non-hydrogen) atoms. The van der Waals surface area contributed by atoms with E-state index in [1.54, 1.807) is 30.3 Å². The molecule has 2 atom stereocenters. The molecule has 0 spiro atoms. The maximum absolute atomic E-state index is 12.5. The first kappa shape index (κ1) is 20.1. The highest BCUT2D eigenvalue weighted by Crippen LogP contribution is 2.17. The van der Waals surface area contributed by atoms with Crippen LogP contribution in [0.4, 0.5) is 0 Å². The van der Waals surface area contributed by atoms with Gasteiger partial charge < -0.3 is 4.74 Å². The highest BCUT2D eigenvalue weighted by molar-refractivity contribution is 7.89. The van der Waals surface area contributed by atoms with Crippen LogP contribution in [-0.4, -0.2) is 38.7 Å². The Kier molecular flexibility index (Phi) is 6.52. The van der Waals surface area contributed by atoms with E-state index >= 15 is 0 Å². The summed E-state index contributed by atoms with van der Waals surface area (Å²) in [6.45, 7) is 1.81. The Hall–Kier alpha value is -2.22. The van der Waals surface area contributed by atoms with E-state index in [4.69, 9.17) is 11.6 Å². The average molecular weight is 396 g/mol. The van der Waals surface area contributed by atoms with E-state index in [9.17, 15) is 18.0 Å². The second-order valence-corrected chi connectivity index (χ2v) is 7.75. The van der Waals surface area contributed by atoms with E-state index in [0.29, 0.717) is 0 Å². The number of esters is 1. The van der Waals surface area contributed by atoms with Gasteiger partial charge in [0, 0.05) is 5.56 Å². The van der Waals surface area contributed by atoms with Crippen LogP contribution in [0.1, 0.15) is 15.9 Å². The van der Waals surface area contributed by atoms with Crippen LogP contribution in [0.3, 0.4) is 0 Å². The third-order valence-corrected chi connectivity index (χ3v) is 5.58. The zero-order valence-electron chi connectivity index (χ0n) is 14.2. The number of hydrogen-bond donors (Lipinski definition) is 1. The number of hydrogen-bond acceptors (Lipinski definition) is 5. The first-order valence-corrected chi connectivity index (χ1v) is 9.58. The zero-order valence-corrected chi connectivity index (χ0v) is 15.8. The molecule has 2 unspecified atom stereocenters. The summed E-state index contributed by atoms with van der Waals surface area (Å²) in [6, 6.07) is 12.5. The smallest absolute Gasteiger partial charge is 0.325 e. The summed E-state index contributed by atoms with van der Waals surface area (Å²) in [7, 11) is -2.99. The van der Waals surface area contributed by atoms with Gasteiger partial charge in [-0.15, -0.1) is 11.6 Å². The molecule has 6 nitrogen and oxygen atoms in total. The molecule has 0 heterocycles. The molecule has 0 fully saturated rings. The average Bonchev–Trinajstić information content (AvgIpc) is 2.65. The van der Waals surface area contributed by atoms with E-state index in [0.717, 1.165) is 12.7 Å². The van der Waals surface area contributed by atoms with Crippen molar-refractivity contribution >= 4 is 33.4 Å². The number of halogens is 1. The third kappa shape index (κ3) is 4.69. The molecule has 0 aliphatic carbocycles. The van der Waals surface area contributed by atoms with Gasteiger partial charge in [0.2, 0.25) is 10.0 Å². The molecule has 0 bridgehead atoms. The number of nitrogens with one attached hydrogen (secondary N) is 1. The Balaban J connectivity index is 2.31. The SMILES string of the molecule is COC(=O)C(NS(=O)(=O)c1ccc(C)cc1)C(Cl)C(=O)c1ccccc1. The molecule has 0 aliphatic rings. The summed E-state index contributed by atoms with van der Waals surface area (Å²) in [5.74, 6) is -1.54. The predicted octanol–water partition coefficient (Wildman–Crippen LogP) is 2.31. The largest absolute Gasteiger partial charge is 0.468 e. The number of methoxy groups -OCH3 is 1. The molecule has 0 saturated carbocycles. The topological polar surface area (TPSA) is 89.5 Å². The maximum atomic E-state index is 12.5. The number of rotatable bonds is 7. The van der Waals surface area contributed by atoms with Crippen molar-refractivity contribution in [1.29, 1.82) is 0 Å². The number of ketones is 1. The van der Waals surface area contributed by atoms with Crippen molar-refractivity contribution < 1.29 is 22.7 Å². The van der Waals surface area contributed by atoms with Crippen LogP contribution in [0.15, 0.2) is 59.5 Å². The van der Waals surface area contributed by atoms with Gasteiger partial charge in [0.05, 0.1) is 12.0 Å². The Labute approximate surface area is 157 Å². The zero-order chi connectivity index (χ0) is 19.3. The van der Waals surface area contributed by atoms with E-state index in [2.05, 4.69) is 9.46 Å². The number of aryl methyl sites for hydroxylation is 1. The van der Waals surface area contributed by atoms with Gasteiger partial charge in [0.25, 0.3) is 0 Å². The van der Waals surface area contributed by atoms with Crippen molar-refractivity contribution in [3.05, 3.63) is 65.7 Å². The van der Waals surface area contributed by atoms with Crippen molar-refractivity contribution in [1.82, 2.24) is 4.72 Å². The van der Waals surface area contributed by atoms with Gasteiger partial charge >= 0.3 is 5.97 Å². The molecule has 0 amide bonds. The van der Waals surface area contributed by atoms with Gasteiger partial charge in [0.1, 0.15) is 11.4 Å². The van der Waals surface area contributed by atoms with Gasteiger partial charge in [-0.1, -0.05) is 48.0 Å². The van der Waals surface area contributed by atoms with Crippen LogP contribution in [0, 0.1) is 6.92 Å². The minimum absolute atomic E-state index is 0.0481. The highest BCUT2D eigenvalue weighted by Gasteiger charge is 2.37. The van der Waals surface area contributed by atoms with Gasteiger partial charge in [-0.2, -0.15) is 4.72 Å². The molecular weight excluding hydrogens is 378 g/mol. The lowest BCUT2D eigenvalue weighted by atomic mass is 10.0.